The van der Waals surface area contributed by atoms with Crippen LogP contribution in [0.25, 0.3) is 11.3 Å². The number of para-hydroxylation sites is 1. The van der Waals surface area contributed by atoms with Crippen molar-refractivity contribution in [2.75, 3.05) is 17.4 Å². The fraction of sp³-hybridized carbons (Fsp3) is 0.304. The largest absolute Gasteiger partial charge is 0.454 e. The van der Waals surface area contributed by atoms with Crippen molar-refractivity contribution in [2.24, 2.45) is 0 Å². The van der Waals surface area contributed by atoms with Gasteiger partial charge in [-0.25, -0.2) is 0 Å². The number of rotatable bonds is 5. The van der Waals surface area contributed by atoms with E-state index in [1.165, 1.54) is 11.8 Å². The maximum absolute atomic E-state index is 13.4. The molecule has 2 aromatic carbocycles. The van der Waals surface area contributed by atoms with Crippen LogP contribution in [0, 0.1) is 0 Å². The molecular formula is C23H21ClN4O4S. The van der Waals surface area contributed by atoms with Gasteiger partial charge < -0.3 is 14.2 Å². The summed E-state index contributed by atoms with van der Waals surface area (Å²) in [5.41, 5.74) is 2.40. The second-order valence-corrected chi connectivity index (χ2v) is 9.05. The predicted octanol–water partition coefficient (Wildman–Crippen LogP) is 5.26. The third kappa shape index (κ3) is 3.95. The highest BCUT2D eigenvalue weighted by Gasteiger charge is 2.37. The zero-order chi connectivity index (χ0) is 22.9. The molecule has 0 aliphatic carbocycles. The zero-order valence-corrected chi connectivity index (χ0v) is 19.7. The Morgan fingerprint density at radius 2 is 1.97 bits per heavy atom. The molecule has 8 nitrogen and oxygen atoms in total. The highest BCUT2D eigenvalue weighted by Crippen LogP contribution is 2.47. The maximum Gasteiger partial charge on any atom is 0.247 e. The first-order chi connectivity index (χ1) is 16.1. The zero-order valence-electron chi connectivity index (χ0n) is 18.1. The van der Waals surface area contributed by atoms with Crippen LogP contribution < -0.4 is 19.1 Å². The minimum atomic E-state index is -0.885. The smallest absolute Gasteiger partial charge is 0.247 e. The number of fused-ring (bicyclic) bond motifs is 4. The standard InChI is InChI=1S/C23H21ClN4O4S/c1-3-7-19(29)28-16-9-6-5-8-13(16)20-21(25-23(27-26-20)33-4-2)32-22(28)14-10-17-18(11-15(14)24)31-12-30-17/h5-6,8-11,22H,3-4,7,12H2,1-2H3/t22-/m0/s1. The molecule has 3 aromatic rings. The lowest BCUT2D eigenvalue weighted by atomic mass is 10.1. The van der Waals surface area contributed by atoms with Crippen LogP contribution in [0.2, 0.25) is 5.02 Å². The van der Waals surface area contributed by atoms with Gasteiger partial charge in [0.05, 0.1) is 10.7 Å². The summed E-state index contributed by atoms with van der Waals surface area (Å²) in [6.07, 6.45) is 0.133. The van der Waals surface area contributed by atoms with Gasteiger partial charge in [0.15, 0.2) is 17.2 Å². The van der Waals surface area contributed by atoms with Crippen molar-refractivity contribution < 1.29 is 19.0 Å². The third-order valence-corrected chi connectivity index (χ3v) is 6.32. The first kappa shape index (κ1) is 21.8. The monoisotopic (exact) mass is 484 g/mol. The van der Waals surface area contributed by atoms with Crippen LogP contribution in [-0.4, -0.2) is 33.6 Å². The summed E-state index contributed by atoms with van der Waals surface area (Å²) in [5, 5.41) is 9.55. The summed E-state index contributed by atoms with van der Waals surface area (Å²) < 4.78 is 17.5. The lowest BCUT2D eigenvalue weighted by Gasteiger charge is -2.31. The first-order valence-corrected chi connectivity index (χ1v) is 12.0. The highest BCUT2D eigenvalue weighted by molar-refractivity contribution is 7.99. The van der Waals surface area contributed by atoms with E-state index in [0.717, 1.165) is 5.75 Å². The Kier molecular flexibility index (Phi) is 5.99. The van der Waals surface area contributed by atoms with Gasteiger partial charge in [0.2, 0.25) is 30.0 Å². The summed E-state index contributed by atoms with van der Waals surface area (Å²) in [6.45, 7) is 4.08. The van der Waals surface area contributed by atoms with Crippen molar-refractivity contribution in [1.82, 2.24) is 15.2 Å². The number of hydrogen-bond acceptors (Lipinski definition) is 8. The second-order valence-electron chi connectivity index (χ2n) is 7.41. The van der Waals surface area contributed by atoms with E-state index < -0.39 is 6.23 Å². The lowest BCUT2D eigenvalue weighted by molar-refractivity contribution is -0.120. The van der Waals surface area contributed by atoms with Gasteiger partial charge in [-0.05, 0) is 24.3 Å². The fourth-order valence-corrected chi connectivity index (χ4v) is 4.58. The molecule has 0 bridgehead atoms. The van der Waals surface area contributed by atoms with E-state index in [0.29, 0.717) is 62.9 Å². The molecule has 0 N–H and O–H groups in total. The van der Waals surface area contributed by atoms with E-state index in [1.54, 1.807) is 17.0 Å². The Balaban J connectivity index is 1.73. The van der Waals surface area contributed by atoms with Gasteiger partial charge in [0, 0.05) is 23.6 Å². The average molecular weight is 485 g/mol. The minimum Gasteiger partial charge on any atom is -0.454 e. The molecule has 170 valence electrons. The summed E-state index contributed by atoms with van der Waals surface area (Å²) in [5.74, 6) is 2.07. The lowest BCUT2D eigenvalue weighted by Crippen LogP contribution is -2.37. The number of amides is 1. The molecule has 2 aliphatic heterocycles. The van der Waals surface area contributed by atoms with Gasteiger partial charge in [-0.2, -0.15) is 4.98 Å². The number of thioether (sulfide) groups is 1. The molecule has 10 heteroatoms. The predicted molar refractivity (Wildman–Crippen MR) is 125 cm³/mol. The van der Waals surface area contributed by atoms with Crippen LogP contribution in [0.4, 0.5) is 5.69 Å². The molecule has 1 atom stereocenters. The Hall–Kier alpha value is -3.04. The quantitative estimate of drug-likeness (QED) is 0.453. The second kappa shape index (κ2) is 9.07. The molecular weight excluding hydrogens is 464 g/mol. The van der Waals surface area contributed by atoms with Crippen molar-refractivity contribution in [3.8, 4) is 28.6 Å². The van der Waals surface area contributed by atoms with Gasteiger partial charge in [0.1, 0.15) is 0 Å². The number of ether oxygens (including phenoxy) is 3. The van der Waals surface area contributed by atoms with Crippen LogP contribution in [0.1, 0.15) is 38.5 Å². The van der Waals surface area contributed by atoms with E-state index in [9.17, 15) is 4.79 Å². The Bertz CT molecular complexity index is 1230. The van der Waals surface area contributed by atoms with E-state index >= 15 is 0 Å². The number of carbonyl (C=O) groups excluding carboxylic acids is 1. The number of benzene rings is 2. The third-order valence-electron chi connectivity index (χ3n) is 5.28. The van der Waals surface area contributed by atoms with Crippen LogP contribution in [0.3, 0.4) is 0 Å². The van der Waals surface area contributed by atoms with Crippen molar-refractivity contribution in [3.05, 3.63) is 47.0 Å². The Morgan fingerprint density at radius 1 is 1.18 bits per heavy atom. The van der Waals surface area contributed by atoms with Crippen molar-refractivity contribution >= 4 is 35.0 Å². The van der Waals surface area contributed by atoms with Crippen molar-refractivity contribution in [3.63, 3.8) is 0 Å². The molecule has 0 spiro atoms. The van der Waals surface area contributed by atoms with E-state index in [-0.39, 0.29) is 12.7 Å². The molecule has 0 saturated heterocycles. The topological polar surface area (TPSA) is 86.7 Å². The van der Waals surface area contributed by atoms with Crippen LogP contribution >= 0.6 is 23.4 Å². The molecule has 1 amide bonds. The molecule has 0 radical (unpaired) electrons. The molecule has 2 aliphatic rings. The Morgan fingerprint density at radius 3 is 2.76 bits per heavy atom. The minimum absolute atomic E-state index is 0.104. The van der Waals surface area contributed by atoms with Gasteiger partial charge in [-0.15, -0.1) is 10.2 Å². The fourth-order valence-electron chi connectivity index (χ4n) is 3.83. The molecule has 1 aromatic heterocycles. The van der Waals surface area contributed by atoms with Crippen molar-refractivity contribution in [1.29, 1.82) is 0 Å². The molecule has 33 heavy (non-hydrogen) atoms. The van der Waals surface area contributed by atoms with E-state index in [4.69, 9.17) is 25.8 Å². The summed E-state index contributed by atoms with van der Waals surface area (Å²) in [7, 11) is 0. The van der Waals surface area contributed by atoms with E-state index in [1.807, 2.05) is 38.1 Å². The molecule has 0 fully saturated rings. The number of halogens is 1. The maximum atomic E-state index is 13.4. The van der Waals surface area contributed by atoms with E-state index in [2.05, 4.69) is 15.2 Å². The molecule has 5 rings (SSSR count). The number of aromatic nitrogens is 3. The Labute approximate surface area is 200 Å². The van der Waals surface area contributed by atoms with Gasteiger partial charge in [-0.1, -0.05) is 55.4 Å². The summed E-state index contributed by atoms with van der Waals surface area (Å²) in [6, 6.07) is 10.9. The number of nitrogens with zero attached hydrogens (tertiary/aromatic N) is 4. The SMILES string of the molecule is CCCC(=O)N1c2ccccc2-c2nnc(SCC)nc2O[C@H]1c1cc2c(cc1Cl)OCO2. The van der Waals surface area contributed by atoms with Crippen LogP contribution in [-0.2, 0) is 4.79 Å². The van der Waals surface area contributed by atoms with Gasteiger partial charge in [0.25, 0.3) is 0 Å². The average Bonchev–Trinajstić information content (AvgIpc) is 3.20. The van der Waals surface area contributed by atoms with Crippen LogP contribution in [0.15, 0.2) is 41.6 Å². The van der Waals surface area contributed by atoms with Crippen molar-refractivity contribution in [2.45, 2.75) is 38.1 Å². The summed E-state index contributed by atoms with van der Waals surface area (Å²) >= 11 is 8.13. The molecule has 0 unspecified atom stereocenters. The number of anilines is 1. The highest BCUT2D eigenvalue weighted by atomic mass is 35.5. The van der Waals surface area contributed by atoms with Gasteiger partial charge >= 0.3 is 0 Å². The number of hydrogen-bond donors (Lipinski definition) is 0. The molecule has 0 saturated carbocycles. The normalized spacial score (nSPS) is 16.0. The number of carbonyl (C=O) groups is 1. The first-order valence-electron chi connectivity index (χ1n) is 10.6. The molecule has 3 heterocycles. The summed E-state index contributed by atoms with van der Waals surface area (Å²) in [4.78, 5) is 19.7. The van der Waals surface area contributed by atoms with Gasteiger partial charge in [-0.3, -0.25) is 9.69 Å². The van der Waals surface area contributed by atoms with Crippen LogP contribution in [0.5, 0.6) is 17.4 Å².